The number of carbonyl (C=O) groups is 2. The molecule has 0 amide bonds. The van der Waals surface area contributed by atoms with Gasteiger partial charge in [0.25, 0.3) is 0 Å². The lowest BCUT2D eigenvalue weighted by Crippen LogP contribution is -2.04. The number of benzene rings is 1. The quantitative estimate of drug-likeness (QED) is 0.477. The van der Waals surface area contributed by atoms with Crippen molar-refractivity contribution in [3.8, 4) is 11.3 Å². The van der Waals surface area contributed by atoms with Crippen molar-refractivity contribution in [1.29, 1.82) is 0 Å². The zero-order chi connectivity index (χ0) is 19.9. The number of allylic oxidation sites excluding steroid dienone is 1. The molecule has 0 atom stereocenters. The molecule has 144 valence electrons. The number of methoxy groups -OCH3 is 1. The van der Waals surface area contributed by atoms with Crippen molar-refractivity contribution in [2.45, 2.75) is 13.3 Å². The molecule has 0 fully saturated rings. The predicted molar refractivity (Wildman–Crippen MR) is 105 cm³/mol. The Kier molecular flexibility index (Phi) is 6.29. The molecule has 1 N–H and O–H groups in total. The fourth-order valence-electron chi connectivity index (χ4n) is 2.92. The molecule has 7 nitrogen and oxygen atoms in total. The summed E-state index contributed by atoms with van der Waals surface area (Å²) in [5.41, 5.74) is 3.19. The van der Waals surface area contributed by atoms with Crippen LogP contribution in [0.25, 0.3) is 22.3 Å². The third kappa shape index (κ3) is 4.32. The highest BCUT2D eigenvalue weighted by Gasteiger charge is 2.19. The van der Waals surface area contributed by atoms with Crippen molar-refractivity contribution in [3.05, 3.63) is 60.1 Å². The Morgan fingerprint density at radius 3 is 2.89 bits per heavy atom. The van der Waals surface area contributed by atoms with Crippen LogP contribution in [0.15, 0.2) is 48.9 Å². The highest BCUT2D eigenvalue weighted by molar-refractivity contribution is 6.08. The van der Waals surface area contributed by atoms with Gasteiger partial charge in [0.2, 0.25) is 0 Å². The largest absolute Gasteiger partial charge is 0.462 e. The summed E-state index contributed by atoms with van der Waals surface area (Å²) >= 11 is 0. The number of nitrogens with one attached hydrogen (secondary N) is 1. The highest BCUT2D eigenvalue weighted by Crippen LogP contribution is 2.29. The van der Waals surface area contributed by atoms with Crippen LogP contribution in [-0.4, -0.2) is 47.0 Å². The van der Waals surface area contributed by atoms with Crippen molar-refractivity contribution in [1.82, 2.24) is 15.0 Å². The van der Waals surface area contributed by atoms with E-state index in [1.807, 2.05) is 24.3 Å². The highest BCUT2D eigenvalue weighted by atomic mass is 16.5. The molecule has 2 aromatic heterocycles. The first-order valence-corrected chi connectivity index (χ1v) is 8.90. The minimum absolute atomic E-state index is 0.0177. The van der Waals surface area contributed by atoms with E-state index in [-0.39, 0.29) is 18.8 Å². The zero-order valence-electron chi connectivity index (χ0n) is 15.8. The summed E-state index contributed by atoms with van der Waals surface area (Å²) in [6, 6.07) is 7.53. The van der Waals surface area contributed by atoms with E-state index in [9.17, 15) is 9.59 Å². The number of hydrogen-bond donors (Lipinski definition) is 1. The van der Waals surface area contributed by atoms with Crippen LogP contribution in [0.2, 0.25) is 0 Å². The van der Waals surface area contributed by atoms with E-state index in [4.69, 9.17) is 9.47 Å². The number of aromatic amines is 1. The third-order valence-electron chi connectivity index (χ3n) is 4.11. The molecule has 0 aliphatic rings. The molecule has 3 aromatic rings. The van der Waals surface area contributed by atoms with Crippen molar-refractivity contribution >= 4 is 22.8 Å². The molecular weight excluding hydrogens is 358 g/mol. The molecule has 0 radical (unpaired) electrons. The molecule has 0 aliphatic carbocycles. The normalized spacial score (nSPS) is 11.2. The number of H-pyrrole nitrogens is 1. The molecule has 0 spiro atoms. The van der Waals surface area contributed by atoms with Gasteiger partial charge in [-0.05, 0) is 24.6 Å². The number of nitrogens with zero attached hydrogens (tertiary/aromatic N) is 2. The van der Waals surface area contributed by atoms with Gasteiger partial charge in [0.15, 0.2) is 5.78 Å². The third-order valence-corrected chi connectivity index (χ3v) is 4.11. The summed E-state index contributed by atoms with van der Waals surface area (Å²) in [6.07, 6.45) is 6.49. The number of hydrogen-bond acceptors (Lipinski definition) is 6. The van der Waals surface area contributed by atoms with Crippen LogP contribution in [-0.2, 0) is 20.7 Å². The van der Waals surface area contributed by atoms with Crippen LogP contribution >= 0.6 is 0 Å². The maximum absolute atomic E-state index is 12.3. The van der Waals surface area contributed by atoms with Crippen LogP contribution in [0.4, 0.5) is 0 Å². The van der Waals surface area contributed by atoms with Crippen LogP contribution in [0, 0.1) is 0 Å². The van der Waals surface area contributed by atoms with Crippen LogP contribution in [0.1, 0.15) is 22.8 Å². The summed E-state index contributed by atoms with van der Waals surface area (Å²) in [4.78, 5) is 35.9. The summed E-state index contributed by atoms with van der Waals surface area (Å²) in [7, 11) is 1.58. The average Bonchev–Trinajstić information content (AvgIpc) is 3.13. The van der Waals surface area contributed by atoms with Gasteiger partial charge in [-0.15, -0.1) is 0 Å². The number of rotatable bonds is 8. The molecular formula is C21H21N3O4. The standard InChI is InChI=1S/C21H21N3O4/c1-3-28-21(26)17-12-22-20-18(17)19(23-13-24-20)15-7-4-6-14(10-15)11-16(25)8-5-9-27-2/h4-8,10,12-13H,3,9,11H2,1-2H3,(H,22,23,24)/b8-5+. The molecule has 0 saturated heterocycles. The number of ether oxygens (including phenoxy) is 2. The summed E-state index contributed by atoms with van der Waals surface area (Å²) in [6.45, 7) is 2.43. The molecule has 0 unspecified atom stereocenters. The fourth-order valence-corrected chi connectivity index (χ4v) is 2.92. The number of fused-ring (bicyclic) bond motifs is 1. The van der Waals surface area contributed by atoms with Gasteiger partial charge < -0.3 is 14.5 Å². The van der Waals surface area contributed by atoms with Gasteiger partial charge >= 0.3 is 5.97 Å². The molecule has 0 saturated carbocycles. The molecule has 1 aromatic carbocycles. The first-order chi connectivity index (χ1) is 13.6. The Morgan fingerprint density at radius 1 is 1.25 bits per heavy atom. The van der Waals surface area contributed by atoms with Gasteiger partial charge in [0.05, 0.1) is 29.9 Å². The lowest BCUT2D eigenvalue weighted by atomic mass is 10.0. The predicted octanol–water partition coefficient (Wildman–Crippen LogP) is 3.12. The number of ketones is 1. The first kappa shape index (κ1) is 19.4. The van der Waals surface area contributed by atoms with Gasteiger partial charge in [-0.2, -0.15) is 0 Å². The van der Waals surface area contributed by atoms with E-state index < -0.39 is 5.97 Å². The van der Waals surface area contributed by atoms with E-state index >= 15 is 0 Å². The topological polar surface area (TPSA) is 94.2 Å². The lowest BCUT2D eigenvalue weighted by molar-refractivity contribution is -0.114. The van der Waals surface area contributed by atoms with Gasteiger partial charge in [0, 0.05) is 25.3 Å². The Hall–Kier alpha value is -3.32. The smallest absolute Gasteiger partial charge is 0.340 e. The summed E-state index contributed by atoms with van der Waals surface area (Å²) in [5.74, 6) is -0.449. The first-order valence-electron chi connectivity index (χ1n) is 8.90. The molecule has 7 heteroatoms. The lowest BCUT2D eigenvalue weighted by Gasteiger charge is -2.07. The second kappa shape index (κ2) is 9.05. The molecule has 2 heterocycles. The van der Waals surface area contributed by atoms with E-state index in [1.165, 1.54) is 12.4 Å². The minimum atomic E-state index is -0.431. The second-order valence-corrected chi connectivity index (χ2v) is 6.07. The number of carbonyl (C=O) groups excluding carboxylic acids is 2. The van der Waals surface area contributed by atoms with Crippen LogP contribution < -0.4 is 0 Å². The number of esters is 1. The Bertz CT molecular complexity index is 1020. The molecule has 28 heavy (non-hydrogen) atoms. The monoisotopic (exact) mass is 379 g/mol. The zero-order valence-corrected chi connectivity index (χ0v) is 15.8. The molecule has 3 rings (SSSR count). The summed E-state index contributed by atoms with van der Waals surface area (Å²) in [5, 5.41) is 0.601. The van der Waals surface area contributed by atoms with Crippen molar-refractivity contribution in [2.24, 2.45) is 0 Å². The van der Waals surface area contributed by atoms with E-state index in [0.717, 1.165) is 11.1 Å². The van der Waals surface area contributed by atoms with Crippen LogP contribution in [0.5, 0.6) is 0 Å². The molecule has 0 aliphatic heterocycles. The number of aromatic nitrogens is 3. The van der Waals surface area contributed by atoms with Gasteiger partial charge in [0.1, 0.15) is 12.0 Å². The van der Waals surface area contributed by atoms with Gasteiger partial charge in [-0.25, -0.2) is 14.8 Å². The van der Waals surface area contributed by atoms with Gasteiger partial charge in [-0.1, -0.05) is 24.3 Å². The van der Waals surface area contributed by atoms with Crippen molar-refractivity contribution in [3.63, 3.8) is 0 Å². The van der Waals surface area contributed by atoms with Crippen LogP contribution in [0.3, 0.4) is 0 Å². The Balaban J connectivity index is 1.96. The maximum atomic E-state index is 12.3. The van der Waals surface area contributed by atoms with Gasteiger partial charge in [-0.3, -0.25) is 4.79 Å². The average molecular weight is 379 g/mol. The Labute approximate surface area is 162 Å². The van der Waals surface area contributed by atoms with E-state index in [2.05, 4.69) is 15.0 Å². The van der Waals surface area contributed by atoms with E-state index in [1.54, 1.807) is 26.3 Å². The van der Waals surface area contributed by atoms with Crippen molar-refractivity contribution in [2.75, 3.05) is 20.3 Å². The molecule has 0 bridgehead atoms. The maximum Gasteiger partial charge on any atom is 0.340 e. The minimum Gasteiger partial charge on any atom is -0.462 e. The van der Waals surface area contributed by atoms with Crippen molar-refractivity contribution < 1.29 is 19.1 Å². The fraction of sp³-hybridized carbons (Fsp3) is 0.238. The second-order valence-electron chi connectivity index (χ2n) is 6.07. The summed E-state index contributed by atoms with van der Waals surface area (Å²) < 4.78 is 10.0. The van der Waals surface area contributed by atoms with E-state index in [0.29, 0.717) is 28.9 Å². The SMILES string of the molecule is CCOC(=O)c1c[nH]c2ncnc(-c3cccc(CC(=O)/C=C/COC)c3)c12. The Morgan fingerprint density at radius 2 is 2.11 bits per heavy atom.